The first-order valence-corrected chi connectivity index (χ1v) is 10.3. The van der Waals surface area contributed by atoms with E-state index in [0.29, 0.717) is 47.6 Å². The van der Waals surface area contributed by atoms with Crippen molar-refractivity contribution in [2.75, 3.05) is 23.8 Å². The fraction of sp³-hybridized carbons (Fsp3) is 0.261. The Morgan fingerprint density at radius 3 is 2.66 bits per heavy atom. The zero-order valence-corrected chi connectivity index (χ0v) is 17.8. The number of aliphatic hydroxyl groups excluding tert-OH is 1. The van der Waals surface area contributed by atoms with E-state index in [1.165, 1.54) is 0 Å². The molecule has 1 aromatic heterocycles. The van der Waals surface area contributed by atoms with Crippen LogP contribution >= 0.6 is 0 Å². The molecule has 0 fully saturated rings. The summed E-state index contributed by atoms with van der Waals surface area (Å²) < 4.78 is 13.0. The molecule has 9 heteroatoms. The number of carbonyl (C=O) groups excluding carboxylic acids is 1. The number of aliphatic hydroxyl groups is 1. The van der Waals surface area contributed by atoms with Gasteiger partial charge in [-0.25, -0.2) is 4.68 Å². The van der Waals surface area contributed by atoms with Gasteiger partial charge in [-0.15, -0.1) is 0 Å². The Bertz CT molecular complexity index is 1220. The van der Waals surface area contributed by atoms with Crippen LogP contribution in [0.25, 0.3) is 0 Å². The number of ether oxygens (including phenoxy) is 2. The Morgan fingerprint density at radius 2 is 1.91 bits per heavy atom. The molecule has 1 amide bonds. The van der Waals surface area contributed by atoms with Crippen LogP contribution in [-0.2, 0) is 11.4 Å². The summed E-state index contributed by atoms with van der Waals surface area (Å²) in [7, 11) is 0. The number of nitrogens with zero attached hydrogens (tertiary/aromatic N) is 3. The van der Waals surface area contributed by atoms with E-state index in [2.05, 4.69) is 20.7 Å². The minimum atomic E-state index is -0.569. The summed E-state index contributed by atoms with van der Waals surface area (Å²) in [6, 6.07) is 12.6. The smallest absolute Gasteiger partial charge is 0.255 e. The van der Waals surface area contributed by atoms with Crippen LogP contribution in [0.4, 0.5) is 11.6 Å². The van der Waals surface area contributed by atoms with Crippen molar-refractivity contribution in [1.29, 1.82) is 0 Å². The highest BCUT2D eigenvalue weighted by atomic mass is 16.6. The van der Waals surface area contributed by atoms with Crippen molar-refractivity contribution < 1.29 is 19.4 Å². The average Bonchev–Trinajstić information content (AvgIpc) is 3.22. The molecule has 0 spiro atoms. The molecule has 1 atom stereocenters. The maximum Gasteiger partial charge on any atom is 0.255 e. The summed E-state index contributed by atoms with van der Waals surface area (Å²) in [5.41, 5.74) is 3.74. The van der Waals surface area contributed by atoms with Gasteiger partial charge in [0.05, 0.1) is 5.57 Å². The van der Waals surface area contributed by atoms with Crippen LogP contribution in [-0.4, -0.2) is 39.0 Å². The highest BCUT2D eigenvalue weighted by Gasteiger charge is 2.35. The van der Waals surface area contributed by atoms with Crippen molar-refractivity contribution in [1.82, 2.24) is 14.8 Å². The number of anilines is 2. The van der Waals surface area contributed by atoms with Crippen LogP contribution < -0.4 is 20.1 Å². The monoisotopic (exact) mass is 433 g/mol. The summed E-state index contributed by atoms with van der Waals surface area (Å²) >= 11 is 0. The number of aromatic nitrogens is 3. The molecule has 32 heavy (non-hydrogen) atoms. The molecule has 3 heterocycles. The number of nitrogens with one attached hydrogen (secondary N) is 2. The lowest BCUT2D eigenvalue weighted by Gasteiger charge is -2.29. The third-order valence-corrected chi connectivity index (χ3v) is 5.47. The lowest BCUT2D eigenvalue weighted by molar-refractivity contribution is -0.113. The van der Waals surface area contributed by atoms with E-state index in [1.54, 1.807) is 4.68 Å². The van der Waals surface area contributed by atoms with E-state index in [9.17, 15) is 9.90 Å². The SMILES string of the molecule is CC1=C(C(=O)Nc2ccc(C)cc2)C(c2ccc3c(c2)OCCO3)n2nc(CO)nc2N1. The van der Waals surface area contributed by atoms with Crippen LogP contribution in [0.1, 0.15) is 29.9 Å². The van der Waals surface area contributed by atoms with Crippen LogP contribution in [0.5, 0.6) is 11.5 Å². The van der Waals surface area contributed by atoms with Crippen LogP contribution in [0, 0.1) is 6.92 Å². The molecule has 9 nitrogen and oxygen atoms in total. The molecule has 0 saturated carbocycles. The molecule has 0 radical (unpaired) electrons. The molecule has 2 aromatic carbocycles. The van der Waals surface area contributed by atoms with E-state index in [1.807, 2.05) is 56.3 Å². The molecule has 5 rings (SSSR count). The number of hydrogen-bond donors (Lipinski definition) is 3. The van der Waals surface area contributed by atoms with Gasteiger partial charge in [-0.2, -0.15) is 10.1 Å². The zero-order valence-electron chi connectivity index (χ0n) is 17.8. The van der Waals surface area contributed by atoms with Crippen molar-refractivity contribution in [3.63, 3.8) is 0 Å². The fourth-order valence-electron chi connectivity index (χ4n) is 3.93. The Morgan fingerprint density at radius 1 is 1.16 bits per heavy atom. The minimum absolute atomic E-state index is 0.259. The normalized spacial score (nSPS) is 16.9. The van der Waals surface area contributed by atoms with Crippen molar-refractivity contribution >= 4 is 17.5 Å². The number of benzene rings is 2. The summed E-state index contributed by atoms with van der Waals surface area (Å²) in [5.74, 6) is 1.74. The maximum atomic E-state index is 13.4. The predicted octanol–water partition coefficient (Wildman–Crippen LogP) is 2.78. The predicted molar refractivity (Wildman–Crippen MR) is 118 cm³/mol. The van der Waals surface area contributed by atoms with E-state index in [4.69, 9.17) is 9.47 Å². The van der Waals surface area contributed by atoms with Crippen molar-refractivity contribution in [2.45, 2.75) is 26.5 Å². The van der Waals surface area contributed by atoms with Gasteiger partial charge in [0.25, 0.3) is 5.91 Å². The molecule has 3 N–H and O–H groups in total. The number of allylic oxidation sites excluding steroid dienone is 1. The van der Waals surface area contributed by atoms with E-state index < -0.39 is 6.04 Å². The molecule has 2 aliphatic heterocycles. The standard InChI is InChI=1S/C23H23N5O4/c1-13-3-6-16(7-4-13)25-22(30)20-14(2)24-23-26-19(12-29)27-28(23)21(20)15-5-8-17-18(11-15)32-10-9-31-17/h3-8,11,21,29H,9-10,12H2,1-2H3,(H,25,30)(H,24,26,27). The van der Waals surface area contributed by atoms with Crippen LogP contribution in [0.15, 0.2) is 53.7 Å². The van der Waals surface area contributed by atoms with Crippen LogP contribution in [0.2, 0.25) is 0 Å². The second-order valence-corrected chi connectivity index (χ2v) is 7.74. The highest BCUT2D eigenvalue weighted by molar-refractivity contribution is 6.06. The summed E-state index contributed by atoms with van der Waals surface area (Å²) in [4.78, 5) is 17.8. The van der Waals surface area contributed by atoms with Crippen molar-refractivity contribution in [2.24, 2.45) is 0 Å². The summed E-state index contributed by atoms with van der Waals surface area (Å²) in [5, 5.41) is 20.1. The molecule has 0 aliphatic carbocycles. The first-order chi connectivity index (χ1) is 15.5. The molecule has 0 bridgehead atoms. The number of carbonyl (C=O) groups is 1. The molecular weight excluding hydrogens is 410 g/mol. The first kappa shape index (κ1) is 20.1. The van der Waals surface area contributed by atoms with Gasteiger partial charge in [-0.05, 0) is 43.7 Å². The molecular formula is C23H23N5O4. The van der Waals surface area contributed by atoms with Gasteiger partial charge < -0.3 is 25.2 Å². The number of amides is 1. The zero-order chi connectivity index (χ0) is 22.2. The third-order valence-electron chi connectivity index (χ3n) is 5.47. The van der Waals surface area contributed by atoms with E-state index in [-0.39, 0.29) is 18.3 Å². The average molecular weight is 433 g/mol. The maximum absolute atomic E-state index is 13.4. The Kier molecular flexibility index (Phi) is 5.02. The first-order valence-electron chi connectivity index (χ1n) is 10.3. The van der Waals surface area contributed by atoms with Gasteiger partial charge in [-0.1, -0.05) is 23.8 Å². The molecule has 1 unspecified atom stereocenters. The molecule has 3 aromatic rings. The summed E-state index contributed by atoms with van der Waals surface area (Å²) in [6.07, 6.45) is 0. The lowest BCUT2D eigenvalue weighted by atomic mass is 9.94. The Balaban J connectivity index is 1.58. The van der Waals surface area contributed by atoms with Gasteiger partial charge >= 0.3 is 0 Å². The topological polar surface area (TPSA) is 111 Å². The second-order valence-electron chi connectivity index (χ2n) is 7.74. The molecule has 164 valence electrons. The number of rotatable bonds is 4. The van der Waals surface area contributed by atoms with Gasteiger partial charge in [0.15, 0.2) is 17.3 Å². The van der Waals surface area contributed by atoms with Gasteiger partial charge in [0, 0.05) is 11.4 Å². The minimum Gasteiger partial charge on any atom is -0.486 e. The van der Waals surface area contributed by atoms with Gasteiger partial charge in [-0.3, -0.25) is 4.79 Å². The summed E-state index contributed by atoms with van der Waals surface area (Å²) in [6.45, 7) is 4.47. The lowest BCUT2D eigenvalue weighted by Crippen LogP contribution is -2.31. The van der Waals surface area contributed by atoms with E-state index >= 15 is 0 Å². The van der Waals surface area contributed by atoms with Crippen molar-refractivity contribution in [3.05, 3.63) is 70.7 Å². The second kappa shape index (κ2) is 8.01. The van der Waals surface area contributed by atoms with Gasteiger partial charge in [0.1, 0.15) is 25.9 Å². The fourth-order valence-corrected chi connectivity index (χ4v) is 3.93. The number of hydrogen-bond acceptors (Lipinski definition) is 7. The van der Waals surface area contributed by atoms with E-state index in [0.717, 1.165) is 11.1 Å². The Hall–Kier alpha value is -3.85. The van der Waals surface area contributed by atoms with Crippen LogP contribution in [0.3, 0.4) is 0 Å². The Labute approximate surface area is 184 Å². The van der Waals surface area contributed by atoms with Crippen molar-refractivity contribution in [3.8, 4) is 11.5 Å². The number of aryl methyl sites for hydroxylation is 1. The number of fused-ring (bicyclic) bond motifs is 2. The highest BCUT2D eigenvalue weighted by Crippen LogP contribution is 2.39. The third kappa shape index (κ3) is 3.56. The quantitative estimate of drug-likeness (QED) is 0.580. The molecule has 2 aliphatic rings. The van der Waals surface area contributed by atoms with Gasteiger partial charge in [0.2, 0.25) is 5.95 Å². The largest absolute Gasteiger partial charge is 0.486 e. The molecule has 0 saturated heterocycles.